The average Bonchev–Trinajstić information content (AvgIpc) is 3.22. The summed E-state index contributed by atoms with van der Waals surface area (Å²) in [6.07, 6.45) is 0. The van der Waals surface area contributed by atoms with E-state index in [1.165, 1.54) is 0 Å². The molecule has 3 aromatic rings. The van der Waals surface area contributed by atoms with Crippen LogP contribution in [0.3, 0.4) is 0 Å². The highest BCUT2D eigenvalue weighted by molar-refractivity contribution is 9.10. The fraction of sp³-hybridized carbons (Fsp3) is 0.273. The maximum absolute atomic E-state index is 13.2. The predicted octanol–water partition coefficient (Wildman–Crippen LogP) is 4.35. The highest BCUT2D eigenvalue weighted by atomic mass is 79.9. The van der Waals surface area contributed by atoms with E-state index >= 15 is 0 Å². The van der Waals surface area contributed by atoms with Crippen molar-refractivity contribution in [1.82, 2.24) is 15.1 Å². The Morgan fingerprint density at radius 2 is 2.07 bits per heavy atom. The second-order valence-corrected chi connectivity index (χ2v) is 8.20. The van der Waals surface area contributed by atoms with E-state index in [1.54, 1.807) is 12.0 Å². The molecule has 0 bridgehead atoms. The van der Waals surface area contributed by atoms with Gasteiger partial charge in [-0.1, -0.05) is 34.1 Å². The number of amides is 1. The van der Waals surface area contributed by atoms with Crippen molar-refractivity contribution in [1.29, 1.82) is 0 Å². The predicted molar refractivity (Wildman–Crippen MR) is 114 cm³/mol. The molecule has 0 aliphatic carbocycles. The van der Waals surface area contributed by atoms with Gasteiger partial charge in [0.2, 0.25) is 0 Å². The van der Waals surface area contributed by atoms with Crippen molar-refractivity contribution in [2.24, 2.45) is 0 Å². The Bertz CT molecular complexity index is 1090. The van der Waals surface area contributed by atoms with Crippen molar-refractivity contribution in [2.45, 2.75) is 19.9 Å². The zero-order valence-corrected chi connectivity index (χ0v) is 18.1. The maximum atomic E-state index is 13.2. The number of nitrogens with one attached hydrogen (secondary N) is 1. The first-order valence-electron chi connectivity index (χ1n) is 9.36. The Morgan fingerprint density at radius 3 is 2.79 bits per heavy atom. The molecule has 4 rings (SSSR count). The molecule has 0 saturated carbocycles. The first-order chi connectivity index (χ1) is 13.9. The first kappa shape index (κ1) is 19.7. The van der Waals surface area contributed by atoms with Gasteiger partial charge in [-0.15, -0.1) is 0 Å². The number of halogens is 1. The molecule has 7 heteroatoms. The lowest BCUT2D eigenvalue weighted by Gasteiger charge is -2.26. The molecule has 1 aromatic heterocycles. The van der Waals surface area contributed by atoms with E-state index in [0.717, 1.165) is 26.7 Å². The Hall–Kier alpha value is -2.64. The average molecular weight is 456 g/mol. The Kier molecular flexibility index (Phi) is 5.19. The van der Waals surface area contributed by atoms with E-state index in [9.17, 15) is 9.90 Å². The molecule has 0 saturated heterocycles. The fourth-order valence-corrected chi connectivity index (χ4v) is 4.40. The standard InChI is InChI=1S/C22H22BrN3O3/c1-12-9-13(2)21(27)16(10-12)18-17-19(25-24-18)22(28)26(7-8-29-3)20(17)14-5-4-6-15(23)11-14/h4-6,9-11,20,27H,7-8H2,1-3H3,(H,24,25). The van der Waals surface area contributed by atoms with Crippen LogP contribution in [-0.2, 0) is 4.74 Å². The van der Waals surface area contributed by atoms with Crippen LogP contribution in [0.25, 0.3) is 11.3 Å². The number of aromatic amines is 1. The molecule has 2 heterocycles. The van der Waals surface area contributed by atoms with Gasteiger partial charge in [-0.05, 0) is 48.7 Å². The quantitative estimate of drug-likeness (QED) is 0.599. The summed E-state index contributed by atoms with van der Waals surface area (Å²) in [5, 5.41) is 18.1. The molecule has 0 fully saturated rings. The minimum Gasteiger partial charge on any atom is -0.507 e. The molecular weight excluding hydrogens is 434 g/mol. The molecule has 150 valence electrons. The van der Waals surface area contributed by atoms with Gasteiger partial charge in [0.25, 0.3) is 5.91 Å². The highest BCUT2D eigenvalue weighted by Crippen LogP contribution is 2.45. The van der Waals surface area contributed by atoms with Crippen molar-refractivity contribution >= 4 is 21.8 Å². The highest BCUT2D eigenvalue weighted by Gasteiger charge is 2.42. The maximum Gasteiger partial charge on any atom is 0.273 e. The van der Waals surface area contributed by atoms with Crippen LogP contribution in [0.4, 0.5) is 0 Å². The molecule has 29 heavy (non-hydrogen) atoms. The fourth-order valence-electron chi connectivity index (χ4n) is 3.99. The molecule has 1 aliphatic rings. The van der Waals surface area contributed by atoms with Gasteiger partial charge in [-0.25, -0.2) is 0 Å². The van der Waals surface area contributed by atoms with Crippen molar-refractivity contribution in [2.75, 3.05) is 20.3 Å². The number of H-pyrrole nitrogens is 1. The SMILES string of the molecule is COCCN1C(=O)c2[nH]nc(-c3cc(C)cc(C)c3O)c2C1c1cccc(Br)c1. The van der Waals surface area contributed by atoms with E-state index in [4.69, 9.17) is 4.74 Å². The first-order valence-corrected chi connectivity index (χ1v) is 10.2. The van der Waals surface area contributed by atoms with Crippen LogP contribution in [0.1, 0.15) is 38.8 Å². The number of benzene rings is 2. The van der Waals surface area contributed by atoms with E-state index in [-0.39, 0.29) is 17.7 Å². The summed E-state index contributed by atoms with van der Waals surface area (Å²) in [6, 6.07) is 11.4. The second-order valence-electron chi connectivity index (χ2n) is 7.29. The van der Waals surface area contributed by atoms with E-state index < -0.39 is 0 Å². The van der Waals surface area contributed by atoms with Crippen molar-refractivity contribution in [3.8, 4) is 17.0 Å². The van der Waals surface area contributed by atoms with Gasteiger partial charge in [-0.2, -0.15) is 5.10 Å². The van der Waals surface area contributed by atoms with E-state index in [1.807, 2.05) is 50.2 Å². The topological polar surface area (TPSA) is 78.5 Å². The third-order valence-electron chi connectivity index (χ3n) is 5.26. The lowest BCUT2D eigenvalue weighted by Crippen LogP contribution is -2.32. The summed E-state index contributed by atoms with van der Waals surface area (Å²) in [5.41, 5.74) is 5.23. The zero-order valence-electron chi connectivity index (χ0n) is 16.5. The zero-order chi connectivity index (χ0) is 20.7. The van der Waals surface area contributed by atoms with Crippen LogP contribution in [0.2, 0.25) is 0 Å². The number of aryl methyl sites for hydroxylation is 2. The summed E-state index contributed by atoms with van der Waals surface area (Å²) in [4.78, 5) is 14.9. The molecule has 6 nitrogen and oxygen atoms in total. The second kappa shape index (κ2) is 7.65. The normalized spacial score (nSPS) is 15.8. The van der Waals surface area contributed by atoms with Gasteiger partial charge in [0.1, 0.15) is 17.1 Å². The number of aromatic nitrogens is 2. The van der Waals surface area contributed by atoms with Crippen molar-refractivity contribution < 1.29 is 14.6 Å². The summed E-state index contributed by atoms with van der Waals surface area (Å²) >= 11 is 3.53. The number of carbonyl (C=O) groups is 1. The molecule has 1 aliphatic heterocycles. The van der Waals surface area contributed by atoms with E-state index in [0.29, 0.717) is 30.1 Å². The van der Waals surface area contributed by atoms with Gasteiger partial charge in [0, 0.05) is 29.3 Å². The number of rotatable bonds is 5. The van der Waals surface area contributed by atoms with Gasteiger partial charge >= 0.3 is 0 Å². The van der Waals surface area contributed by atoms with Gasteiger partial charge in [0.05, 0.1) is 12.6 Å². The molecule has 2 N–H and O–H groups in total. The van der Waals surface area contributed by atoms with Gasteiger partial charge < -0.3 is 14.7 Å². The summed E-state index contributed by atoms with van der Waals surface area (Å²) in [6.45, 7) is 4.72. The number of hydrogen-bond donors (Lipinski definition) is 2. The molecule has 1 amide bonds. The number of ether oxygens (including phenoxy) is 1. The van der Waals surface area contributed by atoms with Crippen LogP contribution >= 0.6 is 15.9 Å². The molecule has 0 radical (unpaired) electrons. The number of hydrogen-bond acceptors (Lipinski definition) is 4. The molecule has 1 unspecified atom stereocenters. The number of carbonyl (C=O) groups excluding carboxylic acids is 1. The van der Waals surface area contributed by atoms with Gasteiger partial charge in [-0.3, -0.25) is 9.89 Å². The number of nitrogens with zero attached hydrogens (tertiary/aromatic N) is 2. The summed E-state index contributed by atoms with van der Waals surface area (Å²) < 4.78 is 6.16. The number of methoxy groups -OCH3 is 1. The molecular formula is C22H22BrN3O3. The summed E-state index contributed by atoms with van der Waals surface area (Å²) in [5.74, 6) is 0.0605. The lowest BCUT2D eigenvalue weighted by atomic mass is 9.94. The van der Waals surface area contributed by atoms with Crippen molar-refractivity contribution in [3.63, 3.8) is 0 Å². The number of phenolic OH excluding ortho intramolecular Hbond substituents is 1. The summed E-state index contributed by atoms with van der Waals surface area (Å²) in [7, 11) is 1.62. The molecule has 1 atom stereocenters. The Morgan fingerprint density at radius 1 is 1.28 bits per heavy atom. The monoisotopic (exact) mass is 455 g/mol. The molecule has 0 spiro atoms. The van der Waals surface area contributed by atoms with Gasteiger partial charge in [0.15, 0.2) is 0 Å². The Labute approximate surface area is 177 Å². The number of fused-ring (bicyclic) bond motifs is 1. The smallest absolute Gasteiger partial charge is 0.273 e. The third-order valence-corrected chi connectivity index (χ3v) is 5.76. The minimum absolute atomic E-state index is 0.121. The third kappa shape index (κ3) is 3.34. The van der Waals surface area contributed by atoms with Crippen LogP contribution in [-0.4, -0.2) is 46.4 Å². The number of aromatic hydroxyl groups is 1. The lowest BCUT2D eigenvalue weighted by molar-refractivity contribution is 0.0677. The van der Waals surface area contributed by atoms with Crippen LogP contribution < -0.4 is 0 Å². The van der Waals surface area contributed by atoms with Crippen LogP contribution in [0.15, 0.2) is 40.9 Å². The van der Waals surface area contributed by atoms with Crippen molar-refractivity contribution in [3.05, 3.63) is 68.8 Å². The largest absolute Gasteiger partial charge is 0.507 e. The van der Waals surface area contributed by atoms with E-state index in [2.05, 4.69) is 26.1 Å². The number of phenols is 1. The minimum atomic E-state index is -0.320. The van der Waals surface area contributed by atoms with Crippen LogP contribution in [0.5, 0.6) is 5.75 Å². The van der Waals surface area contributed by atoms with Crippen LogP contribution in [0, 0.1) is 13.8 Å². The molecule has 2 aromatic carbocycles. The Balaban J connectivity index is 1.92.